The quantitative estimate of drug-likeness (QED) is 0.777. The maximum Gasteiger partial charge on any atom is 0.147 e. The highest BCUT2D eigenvalue weighted by atomic mass is 16.5. The fraction of sp³-hybridized carbons (Fsp3) is 0.550. The van der Waals surface area contributed by atoms with Gasteiger partial charge in [-0.1, -0.05) is 50.6 Å². The van der Waals surface area contributed by atoms with Crippen LogP contribution in [0, 0.1) is 17.3 Å². The van der Waals surface area contributed by atoms with Gasteiger partial charge in [0.2, 0.25) is 0 Å². The Balaban J connectivity index is 2.14. The summed E-state index contributed by atoms with van der Waals surface area (Å²) in [7, 11) is 0. The van der Waals surface area contributed by atoms with Gasteiger partial charge in [0.1, 0.15) is 11.5 Å². The number of Topliss-reactive ketones (excluding diaryl/α,β-unsaturated/α-hetero) is 1. The van der Waals surface area contributed by atoms with Crippen LogP contribution in [0.1, 0.15) is 52.5 Å². The largest absolute Gasteiger partial charge is 0.494 e. The van der Waals surface area contributed by atoms with Crippen molar-refractivity contribution in [1.29, 1.82) is 0 Å². The number of carbonyl (C=O) groups is 1. The Hall–Kier alpha value is -1.57. The molecule has 0 bridgehead atoms. The van der Waals surface area contributed by atoms with E-state index >= 15 is 0 Å². The Morgan fingerprint density at radius 3 is 2.41 bits per heavy atom. The number of hydrogen-bond acceptors (Lipinski definition) is 2. The number of hydrogen-bond donors (Lipinski definition) is 0. The first-order valence-corrected chi connectivity index (χ1v) is 8.50. The zero-order valence-electron chi connectivity index (χ0n) is 14.1. The van der Waals surface area contributed by atoms with Crippen LogP contribution in [-0.4, -0.2) is 11.9 Å². The van der Waals surface area contributed by atoms with Gasteiger partial charge in [0, 0.05) is 6.42 Å². The molecule has 0 heterocycles. The third-order valence-electron chi connectivity index (χ3n) is 5.50. The van der Waals surface area contributed by atoms with Crippen molar-refractivity contribution in [3.05, 3.63) is 41.7 Å². The average molecular weight is 298 g/mol. The summed E-state index contributed by atoms with van der Waals surface area (Å²) in [6.07, 6.45) is 2.80. The Kier molecular flexibility index (Phi) is 3.88. The van der Waals surface area contributed by atoms with Gasteiger partial charge in [0.05, 0.1) is 11.5 Å². The highest BCUT2D eigenvalue weighted by Crippen LogP contribution is 2.64. The molecule has 1 aromatic rings. The summed E-state index contributed by atoms with van der Waals surface area (Å²) in [6.45, 7) is 8.49. The molecule has 0 aromatic heterocycles. The molecule has 3 atom stereocenters. The first-order valence-electron chi connectivity index (χ1n) is 8.50. The van der Waals surface area contributed by atoms with Crippen LogP contribution in [0.25, 0.3) is 5.57 Å². The molecule has 2 nitrogen and oxygen atoms in total. The monoisotopic (exact) mass is 298 g/mol. The standard InChI is InChI=1S/C20H26O2/c1-5-14(4)20-16(12-18(20)21)11-17(19(20)22-13(2)3)15-9-7-6-8-10-15/h6-10,13-14,16H,5,11-12H2,1-4H3/t14?,16-,20-/m0/s1. The molecular formula is C20H26O2. The summed E-state index contributed by atoms with van der Waals surface area (Å²) in [5.41, 5.74) is 2.11. The second-order valence-electron chi connectivity index (χ2n) is 7.05. The molecule has 0 N–H and O–H groups in total. The first kappa shape index (κ1) is 15.3. The maximum absolute atomic E-state index is 12.7. The normalized spacial score (nSPS) is 28.6. The van der Waals surface area contributed by atoms with Crippen molar-refractivity contribution in [2.75, 3.05) is 0 Å². The van der Waals surface area contributed by atoms with Crippen molar-refractivity contribution in [2.45, 2.75) is 53.1 Å². The van der Waals surface area contributed by atoms with Gasteiger partial charge in [-0.25, -0.2) is 0 Å². The minimum atomic E-state index is -0.357. The lowest BCUT2D eigenvalue weighted by Crippen LogP contribution is -2.53. The van der Waals surface area contributed by atoms with Gasteiger partial charge in [-0.05, 0) is 43.2 Å². The fourth-order valence-electron chi connectivity index (χ4n) is 4.30. The molecule has 1 aromatic carbocycles. The number of ether oxygens (including phenoxy) is 1. The van der Waals surface area contributed by atoms with Crippen molar-refractivity contribution in [3.63, 3.8) is 0 Å². The van der Waals surface area contributed by atoms with Crippen LogP contribution in [0.15, 0.2) is 36.1 Å². The fourth-order valence-corrected chi connectivity index (χ4v) is 4.30. The van der Waals surface area contributed by atoms with E-state index in [1.807, 2.05) is 6.07 Å². The van der Waals surface area contributed by atoms with E-state index in [9.17, 15) is 4.79 Å². The van der Waals surface area contributed by atoms with Crippen LogP contribution in [0.3, 0.4) is 0 Å². The van der Waals surface area contributed by atoms with Gasteiger partial charge < -0.3 is 4.74 Å². The third-order valence-corrected chi connectivity index (χ3v) is 5.50. The molecule has 1 saturated carbocycles. The van der Waals surface area contributed by atoms with Gasteiger partial charge in [-0.15, -0.1) is 0 Å². The van der Waals surface area contributed by atoms with Crippen molar-refractivity contribution >= 4 is 11.4 Å². The van der Waals surface area contributed by atoms with Crippen LogP contribution >= 0.6 is 0 Å². The topological polar surface area (TPSA) is 26.3 Å². The Morgan fingerprint density at radius 1 is 1.18 bits per heavy atom. The molecule has 0 saturated heterocycles. The molecule has 2 aliphatic rings. The third kappa shape index (κ3) is 2.04. The smallest absolute Gasteiger partial charge is 0.147 e. The van der Waals surface area contributed by atoms with E-state index in [1.165, 1.54) is 11.1 Å². The molecule has 0 spiro atoms. The summed E-state index contributed by atoms with van der Waals surface area (Å²) < 4.78 is 6.27. The molecule has 3 rings (SSSR count). The number of ketones is 1. The van der Waals surface area contributed by atoms with Crippen molar-refractivity contribution < 1.29 is 9.53 Å². The molecule has 0 amide bonds. The Bertz CT molecular complexity index is 599. The number of carbonyl (C=O) groups excluding carboxylic acids is 1. The molecule has 118 valence electrons. The van der Waals surface area contributed by atoms with Gasteiger partial charge in [-0.2, -0.15) is 0 Å². The average Bonchev–Trinajstić information content (AvgIpc) is 2.75. The van der Waals surface area contributed by atoms with Crippen LogP contribution < -0.4 is 0 Å². The van der Waals surface area contributed by atoms with Crippen LogP contribution in [0.5, 0.6) is 0 Å². The zero-order chi connectivity index (χ0) is 15.9. The predicted molar refractivity (Wildman–Crippen MR) is 89.2 cm³/mol. The second kappa shape index (κ2) is 5.57. The Labute approximate surface area is 133 Å². The minimum absolute atomic E-state index is 0.0989. The van der Waals surface area contributed by atoms with Crippen molar-refractivity contribution in [1.82, 2.24) is 0 Å². The molecule has 22 heavy (non-hydrogen) atoms. The van der Waals surface area contributed by atoms with Gasteiger partial charge in [0.15, 0.2) is 0 Å². The molecule has 2 heteroatoms. The molecular weight excluding hydrogens is 272 g/mol. The molecule has 0 aliphatic heterocycles. The van der Waals surface area contributed by atoms with E-state index in [4.69, 9.17) is 4.74 Å². The minimum Gasteiger partial charge on any atom is -0.494 e. The molecule has 2 aliphatic carbocycles. The lowest BCUT2D eigenvalue weighted by atomic mass is 9.54. The van der Waals surface area contributed by atoms with Gasteiger partial charge in [-0.3, -0.25) is 4.79 Å². The van der Waals surface area contributed by atoms with Crippen LogP contribution in [0.2, 0.25) is 0 Å². The van der Waals surface area contributed by atoms with E-state index in [0.29, 0.717) is 24.0 Å². The second-order valence-corrected chi connectivity index (χ2v) is 7.05. The van der Waals surface area contributed by atoms with E-state index < -0.39 is 0 Å². The zero-order valence-corrected chi connectivity index (χ0v) is 14.1. The summed E-state index contributed by atoms with van der Waals surface area (Å²) >= 11 is 0. The number of benzene rings is 1. The molecule has 1 fully saturated rings. The van der Waals surface area contributed by atoms with E-state index in [1.54, 1.807) is 0 Å². The summed E-state index contributed by atoms with van der Waals surface area (Å²) in [5.74, 6) is 2.13. The van der Waals surface area contributed by atoms with Crippen molar-refractivity contribution in [2.24, 2.45) is 17.3 Å². The Morgan fingerprint density at radius 2 is 1.86 bits per heavy atom. The summed E-state index contributed by atoms with van der Waals surface area (Å²) in [4.78, 5) is 12.7. The van der Waals surface area contributed by atoms with Crippen LogP contribution in [0.4, 0.5) is 0 Å². The van der Waals surface area contributed by atoms with Crippen molar-refractivity contribution in [3.8, 4) is 0 Å². The van der Waals surface area contributed by atoms with Crippen LogP contribution in [-0.2, 0) is 9.53 Å². The predicted octanol–water partition coefficient (Wildman–Crippen LogP) is 4.85. The van der Waals surface area contributed by atoms with Gasteiger partial charge in [0.25, 0.3) is 0 Å². The van der Waals surface area contributed by atoms with E-state index in [2.05, 4.69) is 52.0 Å². The maximum atomic E-state index is 12.7. The first-order chi connectivity index (χ1) is 10.5. The number of fused-ring (bicyclic) bond motifs is 1. The number of allylic oxidation sites excluding steroid dienone is 2. The number of rotatable bonds is 5. The molecule has 0 radical (unpaired) electrons. The SMILES string of the molecule is CCC(C)[C@@]12C(=O)C[C@@H]1CC(c1ccccc1)=C2OC(C)C. The highest BCUT2D eigenvalue weighted by molar-refractivity contribution is 5.99. The lowest BCUT2D eigenvalue weighted by molar-refractivity contribution is -0.150. The highest BCUT2D eigenvalue weighted by Gasteiger charge is 2.64. The summed E-state index contributed by atoms with van der Waals surface area (Å²) in [6, 6.07) is 10.4. The summed E-state index contributed by atoms with van der Waals surface area (Å²) in [5, 5.41) is 0. The molecule has 1 unspecified atom stereocenters. The lowest BCUT2D eigenvalue weighted by Gasteiger charge is -2.48. The van der Waals surface area contributed by atoms with Gasteiger partial charge >= 0.3 is 0 Å². The van der Waals surface area contributed by atoms with E-state index in [-0.39, 0.29) is 11.5 Å². The van der Waals surface area contributed by atoms with E-state index in [0.717, 1.165) is 18.6 Å².